The highest BCUT2D eigenvalue weighted by molar-refractivity contribution is 9.10. The van der Waals surface area contributed by atoms with Crippen LogP contribution < -0.4 is 15.8 Å². The van der Waals surface area contributed by atoms with Crippen molar-refractivity contribution in [1.82, 2.24) is 5.32 Å². The van der Waals surface area contributed by atoms with Crippen LogP contribution in [0, 0.1) is 5.82 Å². The van der Waals surface area contributed by atoms with Crippen LogP contribution in [0.5, 0.6) is 5.75 Å². The fourth-order valence-electron chi connectivity index (χ4n) is 1.43. The third-order valence-corrected chi connectivity index (χ3v) is 3.09. The smallest absolute Gasteiger partial charge is 0.260 e. The van der Waals surface area contributed by atoms with E-state index in [0.717, 1.165) is 0 Å². The molecule has 0 radical (unpaired) electrons. The second-order valence-corrected chi connectivity index (χ2v) is 5.05. The maximum absolute atomic E-state index is 12.9. The molecule has 0 heterocycles. The van der Waals surface area contributed by atoms with Gasteiger partial charge in [0.15, 0.2) is 6.10 Å². The van der Waals surface area contributed by atoms with Crippen molar-refractivity contribution < 1.29 is 18.7 Å². The van der Waals surface area contributed by atoms with Crippen molar-refractivity contribution >= 4 is 27.7 Å². The number of hydrogen-bond donors (Lipinski definition) is 2. The van der Waals surface area contributed by atoms with Gasteiger partial charge < -0.3 is 15.8 Å². The number of carbonyl (C=O) groups is 2. The lowest BCUT2D eigenvalue weighted by Crippen LogP contribution is -2.37. The Balaban J connectivity index is 2.43. The van der Waals surface area contributed by atoms with Gasteiger partial charge in [-0.1, -0.05) is 0 Å². The topological polar surface area (TPSA) is 81.4 Å². The van der Waals surface area contributed by atoms with Crippen LogP contribution in [0.15, 0.2) is 22.7 Å². The minimum atomic E-state index is -0.731. The first kappa shape index (κ1) is 16.4. The van der Waals surface area contributed by atoms with Crippen molar-refractivity contribution in [1.29, 1.82) is 0 Å². The monoisotopic (exact) mass is 346 g/mol. The van der Waals surface area contributed by atoms with Crippen molar-refractivity contribution in [3.63, 3.8) is 0 Å². The molecule has 3 N–H and O–H groups in total. The molecule has 1 aromatic carbocycles. The van der Waals surface area contributed by atoms with Gasteiger partial charge in [0.1, 0.15) is 11.6 Å². The predicted octanol–water partition coefficient (Wildman–Crippen LogP) is 1.74. The van der Waals surface area contributed by atoms with Crippen molar-refractivity contribution in [3.8, 4) is 5.75 Å². The Morgan fingerprint density at radius 1 is 1.50 bits per heavy atom. The first-order chi connectivity index (χ1) is 9.40. The zero-order valence-corrected chi connectivity index (χ0v) is 12.6. The summed E-state index contributed by atoms with van der Waals surface area (Å²) in [7, 11) is 0. The molecular weight excluding hydrogens is 331 g/mol. The average Bonchev–Trinajstić information content (AvgIpc) is 2.37. The van der Waals surface area contributed by atoms with Crippen LogP contribution >= 0.6 is 15.9 Å². The molecule has 1 atom stereocenters. The Hall–Kier alpha value is -1.63. The zero-order valence-electron chi connectivity index (χ0n) is 11.0. The van der Waals surface area contributed by atoms with Crippen LogP contribution in [0.2, 0.25) is 0 Å². The lowest BCUT2D eigenvalue weighted by Gasteiger charge is -2.15. The van der Waals surface area contributed by atoms with Crippen LogP contribution in [0.3, 0.4) is 0 Å². The molecule has 0 fully saturated rings. The van der Waals surface area contributed by atoms with Crippen molar-refractivity contribution in [2.45, 2.75) is 25.9 Å². The number of nitrogens with one attached hydrogen (secondary N) is 1. The van der Waals surface area contributed by atoms with Gasteiger partial charge in [-0.15, -0.1) is 0 Å². The number of nitrogens with two attached hydrogens (primary N) is 1. The Morgan fingerprint density at radius 2 is 2.20 bits per heavy atom. The van der Waals surface area contributed by atoms with Gasteiger partial charge >= 0.3 is 0 Å². The molecule has 0 aliphatic rings. The molecule has 2 amide bonds. The Bertz CT molecular complexity index is 497. The van der Waals surface area contributed by atoms with Crippen molar-refractivity contribution in [2.24, 2.45) is 5.73 Å². The Kier molecular flexibility index (Phi) is 6.44. The van der Waals surface area contributed by atoms with Crippen LogP contribution in [0.1, 0.15) is 19.8 Å². The number of ether oxygens (including phenoxy) is 1. The van der Waals surface area contributed by atoms with E-state index in [0.29, 0.717) is 23.2 Å². The van der Waals surface area contributed by atoms with Crippen LogP contribution in [-0.2, 0) is 9.59 Å². The summed E-state index contributed by atoms with van der Waals surface area (Å²) < 4.78 is 18.8. The van der Waals surface area contributed by atoms with Gasteiger partial charge in [0.05, 0.1) is 4.47 Å². The largest absolute Gasteiger partial charge is 0.480 e. The Morgan fingerprint density at radius 3 is 2.80 bits per heavy atom. The summed E-state index contributed by atoms with van der Waals surface area (Å²) in [6.45, 7) is 1.93. The van der Waals surface area contributed by atoms with Gasteiger partial charge in [0.2, 0.25) is 5.91 Å². The molecule has 20 heavy (non-hydrogen) atoms. The number of hydrogen-bond acceptors (Lipinski definition) is 3. The average molecular weight is 347 g/mol. The van der Waals surface area contributed by atoms with E-state index >= 15 is 0 Å². The predicted molar refractivity (Wildman–Crippen MR) is 75.6 cm³/mol. The van der Waals surface area contributed by atoms with Gasteiger partial charge in [0.25, 0.3) is 5.91 Å². The van der Waals surface area contributed by atoms with E-state index in [1.54, 1.807) is 6.92 Å². The number of carbonyl (C=O) groups excluding carboxylic acids is 2. The summed E-state index contributed by atoms with van der Waals surface area (Å²) in [4.78, 5) is 22.3. The van der Waals surface area contributed by atoms with Crippen LogP contribution in [0.4, 0.5) is 4.39 Å². The molecule has 0 bridgehead atoms. The molecule has 5 nitrogen and oxygen atoms in total. The minimum absolute atomic E-state index is 0.221. The van der Waals surface area contributed by atoms with Crippen LogP contribution in [0.25, 0.3) is 0 Å². The first-order valence-electron chi connectivity index (χ1n) is 6.08. The summed E-state index contributed by atoms with van der Waals surface area (Å²) in [5, 5.41) is 2.63. The third kappa shape index (κ3) is 5.56. The SMILES string of the molecule is CC(Oc1ccc(F)cc1Br)C(=O)NCCCC(N)=O. The van der Waals surface area contributed by atoms with E-state index in [4.69, 9.17) is 10.5 Å². The molecule has 0 spiro atoms. The van der Waals surface area contributed by atoms with Crippen molar-refractivity contribution in [3.05, 3.63) is 28.5 Å². The highest BCUT2D eigenvalue weighted by Gasteiger charge is 2.15. The second kappa shape index (κ2) is 7.84. The summed E-state index contributed by atoms with van der Waals surface area (Å²) in [6, 6.07) is 3.95. The van der Waals surface area contributed by atoms with Gasteiger partial charge in [0, 0.05) is 13.0 Å². The molecule has 7 heteroatoms. The zero-order chi connectivity index (χ0) is 15.1. The van der Waals surface area contributed by atoms with E-state index in [-0.39, 0.29) is 12.3 Å². The molecule has 0 saturated heterocycles. The second-order valence-electron chi connectivity index (χ2n) is 4.20. The summed E-state index contributed by atoms with van der Waals surface area (Å²) in [6.07, 6.45) is -0.0297. The fourth-order valence-corrected chi connectivity index (χ4v) is 1.88. The quantitative estimate of drug-likeness (QED) is 0.737. The molecule has 1 aromatic rings. The van der Waals surface area contributed by atoms with Crippen molar-refractivity contribution in [2.75, 3.05) is 6.54 Å². The minimum Gasteiger partial charge on any atom is -0.480 e. The van der Waals surface area contributed by atoms with Gasteiger partial charge in [-0.05, 0) is 47.5 Å². The number of rotatable bonds is 7. The standard InChI is InChI=1S/C13H16BrFN2O3/c1-8(13(19)17-6-2-3-12(16)18)20-11-5-4-9(15)7-10(11)14/h4-5,7-8H,2-3,6H2,1H3,(H2,16,18)(H,17,19). The normalized spacial score (nSPS) is 11.8. The maximum Gasteiger partial charge on any atom is 0.260 e. The summed E-state index contributed by atoms with van der Waals surface area (Å²) >= 11 is 3.16. The lowest BCUT2D eigenvalue weighted by molar-refractivity contribution is -0.127. The Labute approximate surface area is 124 Å². The molecule has 110 valence electrons. The van der Waals surface area contributed by atoms with Gasteiger partial charge in [-0.25, -0.2) is 4.39 Å². The highest BCUT2D eigenvalue weighted by Crippen LogP contribution is 2.26. The summed E-state index contributed by atoms with van der Waals surface area (Å²) in [5.41, 5.74) is 4.99. The van der Waals surface area contributed by atoms with E-state index < -0.39 is 17.8 Å². The fraction of sp³-hybridized carbons (Fsp3) is 0.385. The molecule has 0 aliphatic carbocycles. The third-order valence-electron chi connectivity index (χ3n) is 2.47. The molecule has 1 rings (SSSR count). The number of amides is 2. The highest BCUT2D eigenvalue weighted by atomic mass is 79.9. The van der Waals surface area contributed by atoms with E-state index in [2.05, 4.69) is 21.2 Å². The molecule has 0 aromatic heterocycles. The maximum atomic E-state index is 12.9. The lowest BCUT2D eigenvalue weighted by atomic mass is 10.3. The van der Waals surface area contributed by atoms with Crippen LogP contribution in [-0.4, -0.2) is 24.5 Å². The molecule has 1 unspecified atom stereocenters. The van der Waals surface area contributed by atoms with E-state index in [9.17, 15) is 14.0 Å². The number of benzene rings is 1. The first-order valence-corrected chi connectivity index (χ1v) is 6.87. The molecular formula is C13H16BrFN2O3. The van der Waals surface area contributed by atoms with Gasteiger partial charge in [-0.2, -0.15) is 0 Å². The van der Waals surface area contributed by atoms with Gasteiger partial charge in [-0.3, -0.25) is 9.59 Å². The number of primary amides is 1. The molecule has 0 saturated carbocycles. The van der Waals surface area contributed by atoms with E-state index in [1.807, 2.05) is 0 Å². The van der Waals surface area contributed by atoms with E-state index in [1.165, 1.54) is 18.2 Å². The molecule has 0 aliphatic heterocycles. The summed E-state index contributed by atoms with van der Waals surface area (Å²) in [5.74, 6) is -0.733. The number of halogens is 2.